The first-order valence-electron chi connectivity index (χ1n) is 6.15. The van der Waals surface area contributed by atoms with Gasteiger partial charge in [0.1, 0.15) is 0 Å². The third-order valence-electron chi connectivity index (χ3n) is 2.45. The Morgan fingerprint density at radius 2 is 2.00 bits per heavy atom. The van der Waals surface area contributed by atoms with Gasteiger partial charge in [0.15, 0.2) is 18.1 Å². The normalized spacial score (nSPS) is 10.6. The van der Waals surface area contributed by atoms with E-state index in [-0.39, 0.29) is 24.6 Å². The zero-order chi connectivity index (χ0) is 14.5. The molecule has 1 aromatic rings. The van der Waals surface area contributed by atoms with Crippen LogP contribution in [-0.2, 0) is 11.3 Å². The summed E-state index contributed by atoms with van der Waals surface area (Å²) in [7, 11) is 1.56. The summed E-state index contributed by atoms with van der Waals surface area (Å²) in [6.45, 7) is 6.70. The third-order valence-corrected chi connectivity index (χ3v) is 2.45. The zero-order valence-electron chi connectivity index (χ0n) is 12.3. The van der Waals surface area contributed by atoms with Crippen LogP contribution in [0.3, 0.4) is 0 Å². The van der Waals surface area contributed by atoms with Crippen LogP contribution in [0.2, 0.25) is 0 Å². The van der Waals surface area contributed by atoms with Crippen molar-refractivity contribution in [2.24, 2.45) is 5.73 Å². The highest BCUT2D eigenvalue weighted by Gasteiger charge is 2.14. The van der Waals surface area contributed by atoms with Crippen LogP contribution in [0.25, 0.3) is 0 Å². The average Bonchev–Trinajstić information content (AvgIpc) is 2.32. The smallest absolute Gasteiger partial charge is 0.255 e. The van der Waals surface area contributed by atoms with Crippen molar-refractivity contribution in [3.63, 3.8) is 0 Å². The van der Waals surface area contributed by atoms with Crippen LogP contribution in [0.15, 0.2) is 18.2 Å². The van der Waals surface area contributed by atoms with Crippen molar-refractivity contribution >= 4 is 5.91 Å². The number of benzene rings is 1. The first-order valence-corrected chi connectivity index (χ1v) is 6.15. The summed E-state index contributed by atoms with van der Waals surface area (Å²) in [5, 5.41) is 3.37. The highest BCUT2D eigenvalue weighted by Crippen LogP contribution is 2.31. The van der Waals surface area contributed by atoms with Gasteiger partial charge in [-0.3, -0.25) is 4.79 Å². The molecule has 0 unspecified atom stereocenters. The number of carbonyl (C=O) groups is 1. The minimum Gasteiger partial charge on any atom is -1.00 e. The number of amides is 1. The van der Waals surface area contributed by atoms with Gasteiger partial charge < -0.3 is 32.9 Å². The molecule has 20 heavy (non-hydrogen) atoms. The van der Waals surface area contributed by atoms with Gasteiger partial charge in [-0.2, -0.15) is 0 Å². The number of primary amides is 1. The topological polar surface area (TPSA) is 73.6 Å². The fraction of sp³-hybridized carbons (Fsp3) is 0.500. The summed E-state index contributed by atoms with van der Waals surface area (Å²) in [5.74, 6) is 0.635. The molecule has 6 heteroatoms. The zero-order valence-corrected chi connectivity index (χ0v) is 13.1. The molecule has 1 amide bonds. The first kappa shape index (κ1) is 18.5. The lowest BCUT2D eigenvalue weighted by Gasteiger charge is -2.22. The number of methoxy groups -OCH3 is 1. The molecule has 0 heterocycles. The van der Waals surface area contributed by atoms with E-state index in [9.17, 15) is 4.79 Å². The van der Waals surface area contributed by atoms with Gasteiger partial charge in [0, 0.05) is 17.6 Å². The van der Waals surface area contributed by atoms with E-state index in [4.69, 9.17) is 15.2 Å². The largest absolute Gasteiger partial charge is 1.00 e. The molecular formula is C14H22ClN2O3-. The first-order chi connectivity index (χ1) is 8.83. The van der Waals surface area contributed by atoms with E-state index in [2.05, 4.69) is 26.1 Å². The lowest BCUT2D eigenvalue weighted by atomic mass is 10.1. The van der Waals surface area contributed by atoms with Crippen LogP contribution in [0.4, 0.5) is 0 Å². The summed E-state index contributed by atoms with van der Waals surface area (Å²) in [4.78, 5) is 10.8. The second kappa shape index (κ2) is 7.97. The van der Waals surface area contributed by atoms with Crippen molar-refractivity contribution in [3.8, 4) is 11.5 Å². The van der Waals surface area contributed by atoms with E-state index in [0.717, 1.165) is 5.56 Å². The maximum atomic E-state index is 10.8. The minimum atomic E-state index is -0.513. The van der Waals surface area contributed by atoms with Gasteiger partial charge in [-0.15, -0.1) is 0 Å². The predicted molar refractivity (Wildman–Crippen MR) is 74.3 cm³/mol. The number of halogens is 1. The molecule has 0 aliphatic rings. The van der Waals surface area contributed by atoms with Crippen molar-refractivity contribution in [3.05, 3.63) is 23.8 Å². The second-order valence-corrected chi connectivity index (χ2v) is 5.31. The van der Waals surface area contributed by atoms with Crippen LogP contribution < -0.4 is 32.9 Å². The van der Waals surface area contributed by atoms with Gasteiger partial charge in [-0.05, 0) is 26.8 Å². The Hall–Kier alpha value is -1.46. The number of rotatable bonds is 6. The molecule has 0 aliphatic heterocycles. The lowest BCUT2D eigenvalue weighted by molar-refractivity contribution is -0.120. The number of nitrogens with one attached hydrogen (secondary N) is 1. The Balaban J connectivity index is 0.00000361. The molecule has 0 radical (unpaired) electrons. The summed E-state index contributed by atoms with van der Waals surface area (Å²) in [5.41, 5.74) is 6.02. The molecular weight excluding hydrogens is 280 g/mol. The maximum absolute atomic E-state index is 10.8. The van der Waals surface area contributed by atoms with E-state index in [1.807, 2.05) is 12.1 Å². The molecule has 0 aromatic heterocycles. The molecule has 0 saturated carbocycles. The molecule has 0 saturated heterocycles. The van der Waals surface area contributed by atoms with E-state index in [1.165, 1.54) is 0 Å². The van der Waals surface area contributed by atoms with Crippen molar-refractivity contribution in [1.29, 1.82) is 0 Å². The third kappa shape index (κ3) is 6.12. The number of carbonyl (C=O) groups excluding carboxylic acids is 1. The Morgan fingerprint density at radius 1 is 1.35 bits per heavy atom. The molecule has 1 aromatic carbocycles. The Kier molecular flexibility index (Phi) is 7.39. The second-order valence-electron chi connectivity index (χ2n) is 5.31. The Labute approximate surface area is 126 Å². The standard InChI is InChI=1S/C14H22N2O3.ClH/c1-14(2,3)16-8-10-6-5-7-11(18-4)13(10)19-9-12(15)17;/h5-7,16H,8-9H2,1-4H3,(H2,15,17);1H/p-1. The monoisotopic (exact) mass is 301 g/mol. The molecule has 5 nitrogen and oxygen atoms in total. The molecule has 0 fully saturated rings. The van der Waals surface area contributed by atoms with Gasteiger partial charge in [0.2, 0.25) is 0 Å². The van der Waals surface area contributed by atoms with Crippen molar-refractivity contribution < 1.29 is 26.7 Å². The lowest BCUT2D eigenvalue weighted by Crippen LogP contribution is -3.00. The molecule has 0 aliphatic carbocycles. The van der Waals surface area contributed by atoms with E-state index in [0.29, 0.717) is 18.0 Å². The van der Waals surface area contributed by atoms with E-state index < -0.39 is 5.91 Å². The number of hydrogen-bond donors (Lipinski definition) is 2. The van der Waals surface area contributed by atoms with Crippen molar-refractivity contribution in [1.82, 2.24) is 5.32 Å². The van der Waals surface area contributed by atoms with Crippen molar-refractivity contribution in [2.75, 3.05) is 13.7 Å². The maximum Gasteiger partial charge on any atom is 0.255 e. The van der Waals surface area contributed by atoms with Gasteiger partial charge in [-0.25, -0.2) is 0 Å². The summed E-state index contributed by atoms with van der Waals surface area (Å²) in [6.07, 6.45) is 0. The molecule has 3 N–H and O–H groups in total. The summed E-state index contributed by atoms with van der Waals surface area (Å²) >= 11 is 0. The molecule has 114 valence electrons. The van der Waals surface area contributed by atoms with Gasteiger partial charge in [0.25, 0.3) is 5.91 Å². The number of ether oxygens (including phenoxy) is 2. The predicted octanol–water partition coefficient (Wildman–Crippen LogP) is -1.55. The van der Waals surface area contributed by atoms with E-state index in [1.54, 1.807) is 13.2 Å². The summed E-state index contributed by atoms with van der Waals surface area (Å²) < 4.78 is 10.7. The highest BCUT2D eigenvalue weighted by molar-refractivity contribution is 5.75. The highest BCUT2D eigenvalue weighted by atomic mass is 35.5. The van der Waals surface area contributed by atoms with Crippen LogP contribution in [0.1, 0.15) is 26.3 Å². The van der Waals surface area contributed by atoms with Crippen LogP contribution in [0, 0.1) is 0 Å². The SMILES string of the molecule is COc1cccc(CNC(C)(C)C)c1OCC(N)=O.[Cl-]. The average molecular weight is 302 g/mol. The number of hydrogen-bond acceptors (Lipinski definition) is 4. The number of para-hydroxylation sites is 1. The van der Waals surface area contributed by atoms with Crippen LogP contribution in [-0.4, -0.2) is 25.2 Å². The molecule has 0 bridgehead atoms. The van der Waals surface area contributed by atoms with Crippen LogP contribution in [0.5, 0.6) is 11.5 Å². The fourth-order valence-corrected chi connectivity index (χ4v) is 1.53. The molecule has 1 rings (SSSR count). The van der Waals surface area contributed by atoms with Gasteiger partial charge in [-0.1, -0.05) is 12.1 Å². The minimum absolute atomic E-state index is 0. The fourth-order valence-electron chi connectivity index (χ4n) is 1.53. The summed E-state index contributed by atoms with van der Waals surface area (Å²) in [6, 6.07) is 5.60. The van der Waals surface area contributed by atoms with Crippen LogP contribution >= 0.6 is 0 Å². The Bertz CT molecular complexity index is 445. The quantitative estimate of drug-likeness (QED) is 0.667. The molecule has 0 spiro atoms. The molecule has 0 atom stereocenters. The van der Waals surface area contributed by atoms with E-state index >= 15 is 0 Å². The van der Waals surface area contributed by atoms with Gasteiger partial charge in [0.05, 0.1) is 7.11 Å². The number of nitrogens with two attached hydrogens (primary N) is 1. The van der Waals surface area contributed by atoms with Crippen molar-refractivity contribution in [2.45, 2.75) is 32.9 Å². The van der Waals surface area contributed by atoms with Gasteiger partial charge >= 0.3 is 0 Å². The Morgan fingerprint density at radius 3 is 2.50 bits per heavy atom.